The maximum absolute atomic E-state index is 13.1. The topological polar surface area (TPSA) is 72.5 Å². The van der Waals surface area contributed by atoms with Crippen molar-refractivity contribution < 1.29 is 22.3 Å². The van der Waals surface area contributed by atoms with Crippen LogP contribution in [-0.2, 0) is 9.84 Å². The van der Waals surface area contributed by atoms with Gasteiger partial charge >= 0.3 is 0 Å². The number of halogens is 2. The molecule has 0 saturated heterocycles. The number of ether oxygens (including phenoxy) is 1. The molecule has 0 aliphatic heterocycles. The van der Waals surface area contributed by atoms with E-state index >= 15 is 0 Å². The Balaban J connectivity index is 2.34. The van der Waals surface area contributed by atoms with Crippen LogP contribution in [0.25, 0.3) is 0 Å². The summed E-state index contributed by atoms with van der Waals surface area (Å²) in [6.07, 6.45) is 1.02. The van der Waals surface area contributed by atoms with Crippen LogP contribution >= 0.6 is 11.6 Å². The highest BCUT2D eigenvalue weighted by Crippen LogP contribution is 2.26. The van der Waals surface area contributed by atoms with Gasteiger partial charge in [0.25, 0.3) is 5.91 Å². The van der Waals surface area contributed by atoms with Gasteiger partial charge in [-0.2, -0.15) is 0 Å². The summed E-state index contributed by atoms with van der Waals surface area (Å²) in [5.74, 6) is -1.01. The molecule has 0 bridgehead atoms. The fraction of sp³-hybridized carbons (Fsp3) is 0.133. The molecule has 1 amide bonds. The first kappa shape index (κ1) is 17.2. The third-order valence-corrected chi connectivity index (χ3v) is 4.41. The van der Waals surface area contributed by atoms with E-state index in [4.69, 9.17) is 16.3 Å². The van der Waals surface area contributed by atoms with E-state index in [2.05, 4.69) is 5.32 Å². The molecule has 0 radical (unpaired) electrons. The van der Waals surface area contributed by atoms with E-state index < -0.39 is 21.6 Å². The summed E-state index contributed by atoms with van der Waals surface area (Å²) in [7, 11) is -2.22. The predicted octanol–water partition coefficient (Wildman–Crippen LogP) is 3.14. The van der Waals surface area contributed by atoms with Gasteiger partial charge in [0.05, 0.1) is 12.1 Å². The van der Waals surface area contributed by atoms with Crippen LogP contribution in [0, 0.1) is 5.82 Å². The lowest BCUT2D eigenvalue weighted by Crippen LogP contribution is -2.13. The zero-order chi connectivity index (χ0) is 17.2. The summed E-state index contributed by atoms with van der Waals surface area (Å²) in [6.45, 7) is 0. The van der Waals surface area contributed by atoms with E-state index in [0.717, 1.165) is 12.3 Å². The van der Waals surface area contributed by atoms with E-state index in [1.165, 1.54) is 37.4 Å². The van der Waals surface area contributed by atoms with Crippen molar-refractivity contribution in [2.75, 3.05) is 18.7 Å². The number of carbonyl (C=O) groups is 1. The van der Waals surface area contributed by atoms with Gasteiger partial charge in [0.2, 0.25) is 0 Å². The first-order chi connectivity index (χ1) is 10.7. The van der Waals surface area contributed by atoms with Gasteiger partial charge in [-0.15, -0.1) is 0 Å². The van der Waals surface area contributed by atoms with Crippen LogP contribution < -0.4 is 10.1 Å². The monoisotopic (exact) mass is 357 g/mol. The minimum Gasteiger partial charge on any atom is -0.495 e. The van der Waals surface area contributed by atoms with Crippen molar-refractivity contribution in [2.24, 2.45) is 0 Å². The van der Waals surface area contributed by atoms with Gasteiger partial charge in [0, 0.05) is 17.5 Å². The second-order valence-corrected chi connectivity index (χ2v) is 7.11. The zero-order valence-electron chi connectivity index (χ0n) is 12.3. The molecule has 0 heterocycles. The van der Waals surface area contributed by atoms with E-state index in [-0.39, 0.29) is 26.9 Å². The van der Waals surface area contributed by atoms with Crippen molar-refractivity contribution in [3.05, 3.63) is 52.8 Å². The molecule has 0 unspecified atom stereocenters. The van der Waals surface area contributed by atoms with Crippen LogP contribution in [0.15, 0.2) is 41.3 Å². The molecule has 2 rings (SSSR count). The molecule has 1 N–H and O–H groups in total. The van der Waals surface area contributed by atoms with Crippen LogP contribution in [0.1, 0.15) is 10.4 Å². The Morgan fingerprint density at radius 2 is 1.91 bits per heavy atom. The molecular weight excluding hydrogens is 345 g/mol. The Hall–Kier alpha value is -2.12. The number of carbonyl (C=O) groups excluding carboxylic acids is 1. The lowest BCUT2D eigenvalue weighted by Gasteiger charge is -2.10. The van der Waals surface area contributed by atoms with Crippen LogP contribution in [-0.4, -0.2) is 27.7 Å². The van der Waals surface area contributed by atoms with E-state index in [0.29, 0.717) is 0 Å². The third-order valence-electron chi connectivity index (χ3n) is 3.00. The molecule has 0 atom stereocenters. The molecule has 8 heteroatoms. The molecular formula is C15H13ClFNO4S. The van der Waals surface area contributed by atoms with Crippen molar-refractivity contribution >= 4 is 33.0 Å². The summed E-state index contributed by atoms with van der Waals surface area (Å²) in [6, 6.07) is 7.76. The number of hydrogen-bond acceptors (Lipinski definition) is 4. The smallest absolute Gasteiger partial charge is 0.255 e. The van der Waals surface area contributed by atoms with Crippen LogP contribution in [0.3, 0.4) is 0 Å². The number of amides is 1. The van der Waals surface area contributed by atoms with Gasteiger partial charge in [-0.05, 0) is 36.4 Å². The van der Waals surface area contributed by atoms with Crippen LogP contribution in [0.4, 0.5) is 10.1 Å². The molecule has 2 aromatic rings. The van der Waals surface area contributed by atoms with Gasteiger partial charge in [0.1, 0.15) is 16.5 Å². The summed E-state index contributed by atoms with van der Waals surface area (Å²) in [4.78, 5) is 12.1. The summed E-state index contributed by atoms with van der Waals surface area (Å²) in [5.41, 5.74) is 0.407. The van der Waals surface area contributed by atoms with Crippen molar-refractivity contribution in [3.8, 4) is 5.75 Å². The lowest BCUT2D eigenvalue weighted by atomic mass is 10.2. The summed E-state index contributed by atoms with van der Waals surface area (Å²) in [5, 5.41) is 2.39. The lowest BCUT2D eigenvalue weighted by molar-refractivity contribution is 0.102. The van der Waals surface area contributed by atoms with Gasteiger partial charge in [-0.1, -0.05) is 11.6 Å². The van der Waals surface area contributed by atoms with Gasteiger partial charge in [-0.25, -0.2) is 12.8 Å². The molecule has 0 aliphatic carbocycles. The molecule has 122 valence electrons. The second-order valence-electron chi connectivity index (χ2n) is 4.72. The Kier molecular flexibility index (Phi) is 4.91. The fourth-order valence-corrected chi connectivity index (χ4v) is 2.92. The first-order valence-electron chi connectivity index (χ1n) is 6.37. The Morgan fingerprint density at radius 3 is 2.48 bits per heavy atom. The molecule has 0 spiro atoms. The molecule has 0 aliphatic rings. The fourth-order valence-electron chi connectivity index (χ4n) is 1.88. The largest absolute Gasteiger partial charge is 0.495 e. The third kappa shape index (κ3) is 4.00. The van der Waals surface area contributed by atoms with Gasteiger partial charge in [0.15, 0.2) is 9.84 Å². The normalized spacial score (nSPS) is 11.1. The van der Waals surface area contributed by atoms with Crippen LogP contribution in [0.2, 0.25) is 5.02 Å². The first-order valence-corrected chi connectivity index (χ1v) is 8.64. The molecule has 0 aromatic heterocycles. The molecule has 2 aromatic carbocycles. The van der Waals surface area contributed by atoms with Crippen molar-refractivity contribution in [1.29, 1.82) is 0 Å². The zero-order valence-corrected chi connectivity index (χ0v) is 13.8. The Labute approximate surface area is 138 Å². The predicted molar refractivity (Wildman–Crippen MR) is 85.5 cm³/mol. The van der Waals surface area contributed by atoms with Crippen molar-refractivity contribution in [1.82, 2.24) is 0 Å². The number of rotatable bonds is 4. The van der Waals surface area contributed by atoms with E-state index in [1.807, 2.05) is 0 Å². The highest BCUT2D eigenvalue weighted by Gasteiger charge is 2.17. The number of anilines is 1. The second kappa shape index (κ2) is 6.55. The molecule has 5 nitrogen and oxygen atoms in total. The number of hydrogen-bond donors (Lipinski definition) is 1. The quantitative estimate of drug-likeness (QED) is 0.912. The maximum Gasteiger partial charge on any atom is 0.255 e. The average molecular weight is 358 g/mol. The number of benzene rings is 2. The Bertz CT molecular complexity index is 868. The minimum absolute atomic E-state index is 0.0928. The summed E-state index contributed by atoms with van der Waals surface area (Å²) >= 11 is 5.65. The highest BCUT2D eigenvalue weighted by molar-refractivity contribution is 7.90. The number of sulfone groups is 1. The number of methoxy groups -OCH3 is 1. The van der Waals surface area contributed by atoms with Gasteiger partial charge < -0.3 is 10.1 Å². The maximum atomic E-state index is 13.1. The van der Waals surface area contributed by atoms with Crippen molar-refractivity contribution in [2.45, 2.75) is 4.90 Å². The standard InChI is InChI=1S/C15H13ClFNO4S/c1-22-13-6-3-9(7-14(13)23(2,20)21)15(19)18-10-4-5-12(17)11(16)8-10/h3-8H,1-2H3,(H,18,19). The minimum atomic E-state index is -3.56. The Morgan fingerprint density at radius 1 is 1.22 bits per heavy atom. The van der Waals surface area contributed by atoms with Crippen molar-refractivity contribution in [3.63, 3.8) is 0 Å². The van der Waals surface area contributed by atoms with E-state index in [9.17, 15) is 17.6 Å². The SMILES string of the molecule is COc1ccc(C(=O)Nc2ccc(F)c(Cl)c2)cc1S(C)(=O)=O. The molecule has 0 fully saturated rings. The highest BCUT2D eigenvalue weighted by atomic mass is 35.5. The number of nitrogens with one attached hydrogen (secondary N) is 1. The average Bonchev–Trinajstić information content (AvgIpc) is 2.49. The van der Waals surface area contributed by atoms with E-state index in [1.54, 1.807) is 0 Å². The van der Waals surface area contributed by atoms with Gasteiger partial charge in [-0.3, -0.25) is 4.79 Å². The summed E-state index contributed by atoms with van der Waals surface area (Å²) < 4.78 is 41.6. The molecule has 0 saturated carbocycles. The molecule has 23 heavy (non-hydrogen) atoms. The van der Waals surface area contributed by atoms with Crippen LogP contribution in [0.5, 0.6) is 5.75 Å².